The summed E-state index contributed by atoms with van der Waals surface area (Å²) >= 11 is 11.9. The highest BCUT2D eigenvalue weighted by atomic mass is 35.5. The molecule has 1 aliphatic carbocycles. The molecule has 1 saturated carbocycles. The minimum atomic E-state index is -0.948. The molecule has 3 rings (SSSR count). The highest BCUT2D eigenvalue weighted by molar-refractivity contribution is 6.42. The molecule has 1 fully saturated rings. The maximum Gasteiger partial charge on any atom is 0.258 e. The molecule has 0 aliphatic heterocycles. The number of nitrogens with zero attached hydrogens (tertiary/aromatic N) is 1. The molecule has 7 nitrogen and oxygen atoms in total. The van der Waals surface area contributed by atoms with E-state index in [1.165, 1.54) is 0 Å². The van der Waals surface area contributed by atoms with Gasteiger partial charge in [0.25, 0.3) is 5.91 Å². The molecular formula is C22H25Cl2N3O4. The van der Waals surface area contributed by atoms with Crippen molar-refractivity contribution in [2.24, 2.45) is 0 Å². The van der Waals surface area contributed by atoms with Crippen LogP contribution in [0.15, 0.2) is 36.5 Å². The van der Waals surface area contributed by atoms with Crippen LogP contribution in [0, 0.1) is 0 Å². The lowest BCUT2D eigenvalue weighted by Gasteiger charge is -2.36. The van der Waals surface area contributed by atoms with Crippen molar-refractivity contribution >= 4 is 35.0 Å². The number of nitrogens with one attached hydrogen (secondary N) is 2. The van der Waals surface area contributed by atoms with Crippen molar-refractivity contribution in [2.75, 3.05) is 13.7 Å². The molecule has 166 valence electrons. The lowest BCUT2D eigenvalue weighted by Crippen LogP contribution is -2.60. The zero-order valence-electron chi connectivity index (χ0n) is 17.2. The minimum absolute atomic E-state index is 0.203. The third-order valence-electron chi connectivity index (χ3n) is 5.24. The van der Waals surface area contributed by atoms with E-state index in [-0.39, 0.29) is 18.4 Å². The van der Waals surface area contributed by atoms with Crippen LogP contribution in [0.2, 0.25) is 10.0 Å². The SMILES string of the molecule is COc1ccc(CNC(=O)C2(NC(=O)COc3ccc(Cl)c(Cl)c3)CCCCC2)cn1. The molecule has 0 bridgehead atoms. The second kappa shape index (κ2) is 10.7. The smallest absolute Gasteiger partial charge is 0.258 e. The number of aromatic nitrogens is 1. The number of pyridine rings is 1. The Bertz CT molecular complexity index is 915. The monoisotopic (exact) mass is 465 g/mol. The first-order valence-electron chi connectivity index (χ1n) is 10.1. The van der Waals surface area contributed by atoms with Crippen molar-refractivity contribution in [1.29, 1.82) is 0 Å². The molecular weight excluding hydrogens is 441 g/mol. The van der Waals surface area contributed by atoms with E-state index in [0.717, 1.165) is 24.8 Å². The fraction of sp³-hybridized carbons (Fsp3) is 0.409. The Balaban J connectivity index is 1.59. The largest absolute Gasteiger partial charge is 0.484 e. The average molecular weight is 466 g/mol. The summed E-state index contributed by atoms with van der Waals surface area (Å²) in [7, 11) is 1.55. The number of methoxy groups -OCH3 is 1. The van der Waals surface area contributed by atoms with Gasteiger partial charge in [0.05, 0.1) is 17.2 Å². The van der Waals surface area contributed by atoms with Gasteiger partial charge in [-0.2, -0.15) is 0 Å². The number of hydrogen-bond acceptors (Lipinski definition) is 5. The first kappa shape index (κ1) is 23.2. The lowest BCUT2D eigenvalue weighted by atomic mass is 9.80. The van der Waals surface area contributed by atoms with Crippen LogP contribution < -0.4 is 20.1 Å². The second-order valence-corrected chi connectivity index (χ2v) is 8.26. The third-order valence-corrected chi connectivity index (χ3v) is 5.98. The van der Waals surface area contributed by atoms with Gasteiger partial charge < -0.3 is 20.1 Å². The van der Waals surface area contributed by atoms with E-state index in [9.17, 15) is 9.59 Å². The summed E-state index contributed by atoms with van der Waals surface area (Å²) in [6.45, 7) is 0.0859. The van der Waals surface area contributed by atoms with Gasteiger partial charge in [-0.25, -0.2) is 4.98 Å². The number of hydrogen-bond donors (Lipinski definition) is 2. The van der Waals surface area contributed by atoms with E-state index in [1.54, 1.807) is 37.6 Å². The van der Waals surface area contributed by atoms with Gasteiger partial charge in [-0.3, -0.25) is 9.59 Å². The van der Waals surface area contributed by atoms with Gasteiger partial charge in [0.2, 0.25) is 11.8 Å². The normalized spacial score (nSPS) is 15.1. The Hall–Kier alpha value is -2.51. The predicted molar refractivity (Wildman–Crippen MR) is 119 cm³/mol. The lowest BCUT2D eigenvalue weighted by molar-refractivity contribution is -0.136. The number of rotatable bonds is 8. The molecule has 0 atom stereocenters. The van der Waals surface area contributed by atoms with Crippen molar-refractivity contribution in [3.63, 3.8) is 0 Å². The van der Waals surface area contributed by atoms with Crippen molar-refractivity contribution < 1.29 is 19.1 Å². The Morgan fingerprint density at radius 2 is 1.87 bits per heavy atom. The van der Waals surface area contributed by atoms with Crippen LogP contribution in [0.4, 0.5) is 0 Å². The van der Waals surface area contributed by atoms with Gasteiger partial charge in [0.1, 0.15) is 11.3 Å². The van der Waals surface area contributed by atoms with E-state index in [1.807, 2.05) is 6.07 Å². The van der Waals surface area contributed by atoms with Crippen LogP contribution >= 0.6 is 23.2 Å². The molecule has 2 aromatic rings. The van der Waals surface area contributed by atoms with Gasteiger partial charge in [0, 0.05) is 24.9 Å². The first-order chi connectivity index (χ1) is 14.9. The summed E-state index contributed by atoms with van der Waals surface area (Å²) in [6, 6.07) is 8.35. The van der Waals surface area contributed by atoms with E-state index < -0.39 is 5.54 Å². The van der Waals surface area contributed by atoms with Crippen LogP contribution in [0.5, 0.6) is 11.6 Å². The number of carbonyl (C=O) groups excluding carboxylic acids is 2. The van der Waals surface area contributed by atoms with Crippen molar-refractivity contribution in [1.82, 2.24) is 15.6 Å². The highest BCUT2D eigenvalue weighted by Gasteiger charge is 2.40. The maximum atomic E-state index is 13.1. The average Bonchev–Trinajstić information content (AvgIpc) is 2.79. The Labute approximate surface area is 191 Å². The van der Waals surface area contributed by atoms with Crippen molar-refractivity contribution in [3.8, 4) is 11.6 Å². The fourth-order valence-electron chi connectivity index (χ4n) is 3.57. The summed E-state index contributed by atoms with van der Waals surface area (Å²) in [5.41, 5.74) is -0.106. The molecule has 31 heavy (non-hydrogen) atoms. The number of ether oxygens (including phenoxy) is 2. The van der Waals surface area contributed by atoms with Gasteiger partial charge in [-0.1, -0.05) is 48.5 Å². The van der Waals surface area contributed by atoms with E-state index in [4.69, 9.17) is 32.7 Å². The zero-order valence-corrected chi connectivity index (χ0v) is 18.8. The maximum absolute atomic E-state index is 13.1. The van der Waals surface area contributed by atoms with E-state index in [2.05, 4.69) is 15.6 Å². The topological polar surface area (TPSA) is 89.6 Å². The minimum Gasteiger partial charge on any atom is -0.484 e. The van der Waals surface area contributed by atoms with Crippen molar-refractivity contribution in [2.45, 2.75) is 44.2 Å². The Morgan fingerprint density at radius 1 is 1.10 bits per heavy atom. The third kappa shape index (κ3) is 6.24. The molecule has 0 saturated heterocycles. The Kier molecular flexibility index (Phi) is 7.98. The summed E-state index contributed by atoms with van der Waals surface area (Å²) in [5.74, 6) is 0.368. The summed E-state index contributed by atoms with van der Waals surface area (Å²) in [6.07, 6.45) is 5.58. The molecule has 1 aromatic carbocycles. The van der Waals surface area contributed by atoms with Crippen LogP contribution in [0.25, 0.3) is 0 Å². The number of amides is 2. The van der Waals surface area contributed by atoms with Crippen molar-refractivity contribution in [3.05, 3.63) is 52.1 Å². The number of halogens is 2. The summed E-state index contributed by atoms with van der Waals surface area (Å²) < 4.78 is 10.6. The van der Waals surface area contributed by atoms with Crippen LogP contribution in [-0.2, 0) is 16.1 Å². The summed E-state index contributed by atoms with van der Waals surface area (Å²) in [5, 5.41) is 6.59. The fourth-order valence-corrected chi connectivity index (χ4v) is 3.86. The summed E-state index contributed by atoms with van der Waals surface area (Å²) in [4.78, 5) is 29.8. The molecule has 0 radical (unpaired) electrons. The predicted octanol–water partition coefficient (Wildman–Crippen LogP) is 3.91. The molecule has 1 aromatic heterocycles. The molecule has 1 aliphatic rings. The molecule has 9 heteroatoms. The van der Waals surface area contributed by atoms with Gasteiger partial charge in [-0.05, 0) is 30.5 Å². The number of carbonyl (C=O) groups is 2. The van der Waals surface area contributed by atoms with E-state index in [0.29, 0.717) is 41.1 Å². The molecule has 2 amide bonds. The second-order valence-electron chi connectivity index (χ2n) is 7.45. The van der Waals surface area contributed by atoms with Crippen LogP contribution in [0.1, 0.15) is 37.7 Å². The van der Waals surface area contributed by atoms with E-state index >= 15 is 0 Å². The zero-order chi connectivity index (χ0) is 22.3. The quantitative estimate of drug-likeness (QED) is 0.616. The standard InChI is InChI=1S/C22H25Cl2N3O4/c1-30-20-8-5-15(12-25-20)13-26-21(29)22(9-3-2-4-10-22)27-19(28)14-31-16-6-7-17(23)18(24)11-16/h5-8,11-12H,2-4,9-10,13-14H2,1H3,(H,26,29)(H,27,28). The number of benzene rings is 1. The molecule has 2 N–H and O–H groups in total. The molecule has 0 spiro atoms. The van der Waals surface area contributed by atoms with Crippen LogP contribution in [-0.4, -0.2) is 36.1 Å². The highest BCUT2D eigenvalue weighted by Crippen LogP contribution is 2.29. The Morgan fingerprint density at radius 3 is 2.52 bits per heavy atom. The van der Waals surface area contributed by atoms with Gasteiger partial charge >= 0.3 is 0 Å². The van der Waals surface area contributed by atoms with Gasteiger partial charge in [0.15, 0.2) is 6.61 Å². The molecule has 0 unspecified atom stereocenters. The molecule has 1 heterocycles. The first-order valence-corrected chi connectivity index (χ1v) is 10.8. The van der Waals surface area contributed by atoms with Gasteiger partial charge in [-0.15, -0.1) is 0 Å². The van der Waals surface area contributed by atoms with Crippen LogP contribution in [0.3, 0.4) is 0 Å².